The molecular formula is C20H14BrN3O2. The van der Waals surface area contributed by atoms with Gasteiger partial charge in [-0.3, -0.25) is 0 Å². The molecule has 6 heteroatoms. The van der Waals surface area contributed by atoms with E-state index in [9.17, 15) is 4.79 Å². The maximum absolute atomic E-state index is 12.6. The van der Waals surface area contributed by atoms with Crippen LogP contribution in [0.4, 0.5) is 0 Å². The molecule has 0 unspecified atom stereocenters. The van der Waals surface area contributed by atoms with Crippen LogP contribution < -0.4 is 4.74 Å². The Balaban J connectivity index is 1.75. The second-order valence-electron chi connectivity index (χ2n) is 5.79. The third kappa shape index (κ3) is 3.11. The highest BCUT2D eigenvalue weighted by molar-refractivity contribution is 9.10. The first-order chi connectivity index (χ1) is 12.6. The predicted octanol–water partition coefficient (Wildman–Crippen LogP) is 4.71. The number of rotatable bonds is 3. The van der Waals surface area contributed by atoms with Gasteiger partial charge in [-0.15, -0.1) is 15.0 Å². The molecule has 0 saturated heterocycles. The molecule has 5 nitrogen and oxygen atoms in total. The number of aryl methyl sites for hydroxylation is 1. The van der Waals surface area contributed by atoms with Gasteiger partial charge in [0.15, 0.2) is 5.75 Å². The zero-order valence-electron chi connectivity index (χ0n) is 13.9. The van der Waals surface area contributed by atoms with Gasteiger partial charge in [0.2, 0.25) is 0 Å². The number of halogens is 1. The van der Waals surface area contributed by atoms with Gasteiger partial charge >= 0.3 is 5.97 Å². The van der Waals surface area contributed by atoms with E-state index in [0.29, 0.717) is 17.0 Å². The van der Waals surface area contributed by atoms with Crippen molar-refractivity contribution in [2.24, 2.45) is 0 Å². The summed E-state index contributed by atoms with van der Waals surface area (Å²) in [5.74, 6) is -0.0230. The number of benzene rings is 3. The lowest BCUT2D eigenvalue weighted by Gasteiger charge is -2.11. The molecule has 3 aromatic carbocycles. The van der Waals surface area contributed by atoms with E-state index in [0.717, 1.165) is 21.1 Å². The first-order valence-electron chi connectivity index (χ1n) is 8.01. The third-order valence-electron chi connectivity index (χ3n) is 3.99. The highest BCUT2D eigenvalue weighted by atomic mass is 79.9. The number of aromatic nitrogens is 3. The van der Waals surface area contributed by atoms with E-state index >= 15 is 0 Å². The summed E-state index contributed by atoms with van der Waals surface area (Å²) in [7, 11) is 0. The molecule has 0 bridgehead atoms. The van der Waals surface area contributed by atoms with Crippen molar-refractivity contribution in [2.75, 3.05) is 0 Å². The summed E-state index contributed by atoms with van der Waals surface area (Å²) >= 11 is 3.45. The molecule has 1 heterocycles. The van der Waals surface area contributed by atoms with Crippen LogP contribution in [0.5, 0.6) is 5.75 Å². The number of esters is 1. The zero-order valence-corrected chi connectivity index (χ0v) is 15.5. The van der Waals surface area contributed by atoms with Crippen LogP contribution in [-0.2, 0) is 0 Å². The Morgan fingerprint density at radius 1 is 0.962 bits per heavy atom. The molecule has 0 spiro atoms. The highest BCUT2D eigenvalue weighted by Gasteiger charge is 2.16. The number of hydrogen-bond donors (Lipinski definition) is 0. The lowest BCUT2D eigenvalue weighted by atomic mass is 10.1. The van der Waals surface area contributed by atoms with E-state index < -0.39 is 5.97 Å². The van der Waals surface area contributed by atoms with Gasteiger partial charge in [-0.2, -0.15) is 0 Å². The van der Waals surface area contributed by atoms with E-state index in [-0.39, 0.29) is 0 Å². The van der Waals surface area contributed by atoms with Crippen molar-refractivity contribution in [1.82, 2.24) is 15.0 Å². The largest absolute Gasteiger partial charge is 0.421 e. The smallest absolute Gasteiger partial charge is 0.343 e. The van der Waals surface area contributed by atoms with Crippen LogP contribution in [0, 0.1) is 6.92 Å². The fourth-order valence-electron chi connectivity index (χ4n) is 2.66. The van der Waals surface area contributed by atoms with Gasteiger partial charge in [-0.05, 0) is 48.9 Å². The summed E-state index contributed by atoms with van der Waals surface area (Å²) in [5, 5.41) is 8.95. The lowest BCUT2D eigenvalue weighted by Crippen LogP contribution is -2.12. The minimum absolute atomic E-state index is 0.391. The fraction of sp³-hybridized carbons (Fsp3) is 0.0500. The van der Waals surface area contributed by atoms with Gasteiger partial charge < -0.3 is 4.74 Å². The molecule has 0 fully saturated rings. The minimum atomic E-state index is -0.414. The molecule has 128 valence electrons. The van der Waals surface area contributed by atoms with Crippen LogP contribution in [0.3, 0.4) is 0 Å². The summed E-state index contributed by atoms with van der Waals surface area (Å²) in [6.07, 6.45) is 0. The highest BCUT2D eigenvalue weighted by Crippen LogP contribution is 2.28. The van der Waals surface area contributed by atoms with Gasteiger partial charge in [0, 0.05) is 4.47 Å². The Morgan fingerprint density at radius 3 is 2.31 bits per heavy atom. The van der Waals surface area contributed by atoms with Gasteiger partial charge in [-0.25, -0.2) is 4.79 Å². The van der Waals surface area contributed by atoms with Gasteiger partial charge in [-0.1, -0.05) is 46.3 Å². The molecular weight excluding hydrogens is 394 g/mol. The number of ether oxygens (including phenoxy) is 1. The van der Waals surface area contributed by atoms with Crippen LogP contribution in [0.25, 0.3) is 16.7 Å². The Kier molecular flexibility index (Phi) is 4.26. The van der Waals surface area contributed by atoms with Crippen LogP contribution in [-0.4, -0.2) is 21.0 Å². The second kappa shape index (κ2) is 6.72. The summed E-state index contributed by atoms with van der Waals surface area (Å²) < 4.78 is 6.49. The zero-order chi connectivity index (χ0) is 18.1. The van der Waals surface area contributed by atoms with Gasteiger partial charge in [0.05, 0.1) is 5.56 Å². The van der Waals surface area contributed by atoms with Gasteiger partial charge in [0.1, 0.15) is 16.7 Å². The maximum Gasteiger partial charge on any atom is 0.343 e. The molecule has 4 aromatic rings. The van der Waals surface area contributed by atoms with Crippen molar-refractivity contribution in [3.05, 3.63) is 82.3 Å². The quantitative estimate of drug-likeness (QED) is 0.364. The first kappa shape index (κ1) is 16.5. The van der Waals surface area contributed by atoms with E-state index in [4.69, 9.17) is 4.74 Å². The van der Waals surface area contributed by atoms with E-state index in [2.05, 4.69) is 26.1 Å². The molecule has 1 aromatic heterocycles. The molecule has 26 heavy (non-hydrogen) atoms. The monoisotopic (exact) mass is 407 g/mol. The summed E-state index contributed by atoms with van der Waals surface area (Å²) in [5.41, 5.74) is 3.50. The number of carbonyl (C=O) groups excluding carboxylic acids is 1. The molecule has 0 radical (unpaired) electrons. The van der Waals surface area contributed by atoms with E-state index in [1.165, 1.54) is 4.80 Å². The van der Waals surface area contributed by atoms with Crippen molar-refractivity contribution in [1.29, 1.82) is 0 Å². The number of nitrogens with zero attached hydrogens (tertiary/aromatic N) is 3. The summed E-state index contributed by atoms with van der Waals surface area (Å²) in [6.45, 7) is 1.88. The number of hydrogen-bond acceptors (Lipinski definition) is 4. The molecule has 0 N–H and O–H groups in total. The van der Waals surface area contributed by atoms with Crippen molar-refractivity contribution in [2.45, 2.75) is 6.92 Å². The normalized spacial score (nSPS) is 10.8. The van der Waals surface area contributed by atoms with Crippen LogP contribution in [0.1, 0.15) is 15.9 Å². The Labute approximate surface area is 158 Å². The summed E-state index contributed by atoms with van der Waals surface area (Å²) in [4.78, 5) is 14.1. The average molecular weight is 408 g/mol. The van der Waals surface area contributed by atoms with Crippen molar-refractivity contribution in [3.8, 4) is 11.4 Å². The first-order valence-corrected chi connectivity index (χ1v) is 8.81. The van der Waals surface area contributed by atoms with Crippen molar-refractivity contribution < 1.29 is 9.53 Å². The standard InChI is InChI=1S/C20H14BrN3O2/c1-13-6-2-3-7-15(13)20(25)26-19-11-10-14(21)12-18(19)24-22-16-8-4-5-9-17(16)23-24/h2-12H,1H3. The van der Waals surface area contributed by atoms with Crippen LogP contribution in [0.15, 0.2) is 71.2 Å². The predicted molar refractivity (Wildman–Crippen MR) is 103 cm³/mol. The van der Waals surface area contributed by atoms with Crippen molar-refractivity contribution in [3.63, 3.8) is 0 Å². The number of carbonyl (C=O) groups is 1. The van der Waals surface area contributed by atoms with Crippen molar-refractivity contribution >= 4 is 32.9 Å². The minimum Gasteiger partial charge on any atom is -0.421 e. The van der Waals surface area contributed by atoms with Crippen LogP contribution >= 0.6 is 15.9 Å². The second-order valence-corrected chi connectivity index (χ2v) is 6.71. The molecule has 0 aliphatic carbocycles. The lowest BCUT2D eigenvalue weighted by molar-refractivity contribution is 0.0733. The molecule has 4 rings (SSSR count). The maximum atomic E-state index is 12.6. The average Bonchev–Trinajstić information content (AvgIpc) is 3.07. The van der Waals surface area contributed by atoms with E-state index in [1.54, 1.807) is 12.1 Å². The van der Waals surface area contributed by atoms with E-state index in [1.807, 2.05) is 61.5 Å². The molecule has 0 aliphatic heterocycles. The molecule has 0 saturated carbocycles. The number of fused-ring (bicyclic) bond motifs is 1. The SMILES string of the molecule is Cc1ccccc1C(=O)Oc1ccc(Br)cc1-n1nc2ccccc2n1. The topological polar surface area (TPSA) is 57.0 Å². The Morgan fingerprint density at radius 2 is 1.62 bits per heavy atom. The molecule has 0 aliphatic rings. The fourth-order valence-corrected chi connectivity index (χ4v) is 3.01. The Hall–Kier alpha value is -2.99. The molecule has 0 atom stereocenters. The summed E-state index contributed by atoms with van der Waals surface area (Å²) in [6, 6.07) is 20.3. The Bertz CT molecular complexity index is 1090. The third-order valence-corrected chi connectivity index (χ3v) is 4.48. The molecule has 0 amide bonds. The van der Waals surface area contributed by atoms with Gasteiger partial charge in [0.25, 0.3) is 0 Å². The van der Waals surface area contributed by atoms with Crippen LogP contribution in [0.2, 0.25) is 0 Å².